The van der Waals surface area contributed by atoms with Gasteiger partial charge in [-0.05, 0) is 129 Å². The fourth-order valence-electron chi connectivity index (χ4n) is 9.05. The molecular weight excluding hydrogens is 687 g/mol. The van der Waals surface area contributed by atoms with Crippen molar-refractivity contribution in [2.24, 2.45) is 0 Å². The fraction of sp³-hybridized carbons (Fsp3) is 0. The first kappa shape index (κ1) is 30.6. The Morgan fingerprint density at radius 1 is 0.436 bits per heavy atom. The number of rotatable bonds is 4. The van der Waals surface area contributed by atoms with E-state index in [1.165, 1.54) is 69.5 Å². The van der Waals surface area contributed by atoms with E-state index in [0.717, 1.165) is 34.2 Å². The molecule has 256 valence electrons. The van der Waals surface area contributed by atoms with Crippen molar-refractivity contribution < 1.29 is 4.74 Å². The summed E-state index contributed by atoms with van der Waals surface area (Å²) in [4.78, 5) is 4.75. The minimum absolute atomic E-state index is 0.0224. The molecule has 9 aromatic carbocycles. The highest BCUT2D eigenvalue weighted by Crippen LogP contribution is 2.45. The number of hydrogen-bond acceptors (Lipinski definition) is 4. The number of thiophene rings is 1. The van der Waals surface area contributed by atoms with Crippen LogP contribution in [0.2, 0.25) is 0 Å². The maximum atomic E-state index is 6.95. The van der Waals surface area contributed by atoms with Crippen LogP contribution in [0.5, 0.6) is 11.5 Å². The van der Waals surface area contributed by atoms with Gasteiger partial charge in [-0.15, -0.1) is 11.3 Å². The van der Waals surface area contributed by atoms with Crippen molar-refractivity contribution in [3.8, 4) is 11.5 Å². The first-order valence-electron chi connectivity index (χ1n) is 18.8. The largest absolute Gasteiger partial charge is 0.458 e. The molecule has 10 aromatic rings. The zero-order chi connectivity index (χ0) is 36.0. The first-order valence-corrected chi connectivity index (χ1v) is 19.6. The summed E-state index contributed by atoms with van der Waals surface area (Å²) in [6.45, 7) is 0.0224. The van der Waals surface area contributed by atoms with Crippen molar-refractivity contribution in [3.63, 3.8) is 0 Å². The Kier molecular flexibility index (Phi) is 6.60. The van der Waals surface area contributed by atoms with E-state index in [2.05, 4.69) is 198 Å². The van der Waals surface area contributed by atoms with Crippen LogP contribution >= 0.6 is 11.3 Å². The molecular formula is C50H31BN2OS. The van der Waals surface area contributed by atoms with Crippen LogP contribution in [0.3, 0.4) is 0 Å². The third kappa shape index (κ3) is 4.63. The van der Waals surface area contributed by atoms with Gasteiger partial charge in [0.15, 0.2) is 0 Å². The summed E-state index contributed by atoms with van der Waals surface area (Å²) in [6.07, 6.45) is 0. The van der Waals surface area contributed by atoms with Gasteiger partial charge in [-0.2, -0.15) is 0 Å². The Bertz CT molecular complexity index is 3110. The molecule has 0 saturated heterocycles. The quantitative estimate of drug-likeness (QED) is 0.169. The van der Waals surface area contributed by atoms with E-state index in [-0.39, 0.29) is 6.71 Å². The van der Waals surface area contributed by atoms with Crippen molar-refractivity contribution in [1.82, 2.24) is 0 Å². The van der Waals surface area contributed by atoms with Crippen LogP contribution in [0, 0.1) is 0 Å². The standard InChI is InChI=1S/C50H31BN2OS/c1-4-14-35(15-5-1)52(36-16-6-2-7-17-36)38-25-23-33-28-40-41-30-46-42(31-48(41)55-47(40)29-34(33)27-38)51-49-39-20-11-10-13-32(39)24-26-44(49)53(37-18-8-3-9-19-37)43-21-12-22-45(54-46)50(43)51/h1-31H. The monoisotopic (exact) mass is 718 g/mol. The second-order valence-electron chi connectivity index (χ2n) is 14.5. The zero-order valence-corrected chi connectivity index (χ0v) is 30.5. The summed E-state index contributed by atoms with van der Waals surface area (Å²) in [5.41, 5.74) is 10.7. The van der Waals surface area contributed by atoms with Gasteiger partial charge in [0.25, 0.3) is 6.71 Å². The maximum Gasteiger partial charge on any atom is 0.257 e. The summed E-state index contributed by atoms with van der Waals surface area (Å²) in [5.74, 6) is 1.86. The minimum Gasteiger partial charge on any atom is -0.458 e. The molecule has 0 radical (unpaired) electrons. The lowest BCUT2D eigenvalue weighted by Crippen LogP contribution is -2.59. The smallest absolute Gasteiger partial charge is 0.257 e. The van der Waals surface area contributed by atoms with E-state index in [9.17, 15) is 0 Å². The fourth-order valence-corrected chi connectivity index (χ4v) is 10.2. The van der Waals surface area contributed by atoms with Gasteiger partial charge in [-0.1, -0.05) is 97.1 Å². The summed E-state index contributed by atoms with van der Waals surface area (Å²) in [5, 5.41) is 7.46. The van der Waals surface area contributed by atoms with Gasteiger partial charge in [0, 0.05) is 54.3 Å². The van der Waals surface area contributed by atoms with Crippen LogP contribution < -0.4 is 30.9 Å². The Morgan fingerprint density at radius 3 is 1.91 bits per heavy atom. The van der Waals surface area contributed by atoms with Crippen molar-refractivity contribution in [2.75, 3.05) is 9.80 Å². The molecule has 3 nitrogen and oxygen atoms in total. The topological polar surface area (TPSA) is 15.7 Å². The van der Waals surface area contributed by atoms with Crippen molar-refractivity contribution in [3.05, 3.63) is 188 Å². The number of nitrogens with zero attached hydrogens (tertiary/aromatic N) is 2. The molecule has 1 aromatic heterocycles. The number of anilines is 6. The van der Waals surface area contributed by atoms with Gasteiger partial charge in [0.2, 0.25) is 0 Å². The normalized spacial score (nSPS) is 12.8. The van der Waals surface area contributed by atoms with Crippen molar-refractivity contribution in [2.45, 2.75) is 0 Å². The summed E-state index contributed by atoms with van der Waals surface area (Å²) in [6, 6.07) is 68.2. The van der Waals surface area contributed by atoms with Gasteiger partial charge in [0.05, 0.1) is 0 Å². The number of hydrogen-bond donors (Lipinski definition) is 0. The van der Waals surface area contributed by atoms with Gasteiger partial charge >= 0.3 is 0 Å². The average Bonchev–Trinajstić information content (AvgIpc) is 3.58. The molecule has 0 saturated carbocycles. The SMILES string of the molecule is c1ccc(N(c2ccccc2)c2ccc3cc4c(cc3c2)sc2cc3c(cc24)Oc2cccc4c2B3c2c(ccc3ccccc23)N4c2ccccc2)cc1. The second-order valence-corrected chi connectivity index (χ2v) is 15.6. The maximum absolute atomic E-state index is 6.95. The molecule has 0 unspecified atom stereocenters. The van der Waals surface area contributed by atoms with Crippen LogP contribution in [0.15, 0.2) is 188 Å². The van der Waals surface area contributed by atoms with E-state index < -0.39 is 0 Å². The molecule has 0 fully saturated rings. The molecule has 12 rings (SSSR count). The highest BCUT2D eigenvalue weighted by Gasteiger charge is 2.42. The molecule has 3 heterocycles. The molecule has 0 N–H and O–H groups in total. The second kappa shape index (κ2) is 11.8. The lowest BCUT2D eigenvalue weighted by molar-refractivity contribution is 0.488. The minimum atomic E-state index is 0.0224. The van der Waals surface area contributed by atoms with Crippen LogP contribution in [-0.4, -0.2) is 6.71 Å². The molecule has 5 heteroatoms. The molecule has 0 atom stereocenters. The predicted molar refractivity (Wildman–Crippen MR) is 235 cm³/mol. The summed E-state index contributed by atoms with van der Waals surface area (Å²) in [7, 11) is 0. The number of para-hydroxylation sites is 3. The summed E-state index contributed by atoms with van der Waals surface area (Å²) < 4.78 is 9.50. The predicted octanol–water partition coefficient (Wildman–Crippen LogP) is 12.2. The number of ether oxygens (including phenoxy) is 1. The van der Waals surface area contributed by atoms with Crippen LogP contribution in [-0.2, 0) is 0 Å². The molecule has 2 aliphatic heterocycles. The van der Waals surface area contributed by atoms with E-state index in [1.807, 2.05) is 11.3 Å². The van der Waals surface area contributed by atoms with Gasteiger partial charge in [-0.3, -0.25) is 0 Å². The molecule has 55 heavy (non-hydrogen) atoms. The lowest BCUT2D eigenvalue weighted by atomic mass is 9.33. The summed E-state index contributed by atoms with van der Waals surface area (Å²) >= 11 is 1.88. The Labute approximate surface area is 323 Å². The van der Waals surface area contributed by atoms with E-state index in [4.69, 9.17) is 4.74 Å². The van der Waals surface area contributed by atoms with Crippen LogP contribution in [0.4, 0.5) is 34.1 Å². The molecule has 2 aliphatic rings. The molecule has 0 aliphatic carbocycles. The number of fused-ring (bicyclic) bond motifs is 10. The third-order valence-corrected chi connectivity index (χ3v) is 12.5. The lowest BCUT2D eigenvalue weighted by Gasteiger charge is -2.40. The van der Waals surface area contributed by atoms with E-state index in [0.29, 0.717) is 0 Å². The Balaban J connectivity index is 1.05. The Morgan fingerprint density at radius 2 is 1.11 bits per heavy atom. The number of benzene rings is 9. The van der Waals surface area contributed by atoms with Crippen LogP contribution in [0.1, 0.15) is 0 Å². The average molecular weight is 719 g/mol. The molecule has 0 bridgehead atoms. The van der Waals surface area contributed by atoms with E-state index >= 15 is 0 Å². The van der Waals surface area contributed by atoms with E-state index in [1.54, 1.807) is 0 Å². The van der Waals surface area contributed by atoms with Crippen molar-refractivity contribution >= 4 is 110 Å². The van der Waals surface area contributed by atoms with Gasteiger partial charge in [0.1, 0.15) is 11.5 Å². The molecule has 0 spiro atoms. The third-order valence-electron chi connectivity index (χ3n) is 11.4. The van der Waals surface area contributed by atoms with Gasteiger partial charge in [-0.25, -0.2) is 0 Å². The highest BCUT2D eigenvalue weighted by molar-refractivity contribution is 7.26. The van der Waals surface area contributed by atoms with Crippen LogP contribution in [0.25, 0.3) is 41.7 Å². The Hall–Kier alpha value is -6.82. The molecule has 0 amide bonds. The first-order chi connectivity index (χ1) is 27.3. The van der Waals surface area contributed by atoms with Crippen molar-refractivity contribution in [1.29, 1.82) is 0 Å². The van der Waals surface area contributed by atoms with Gasteiger partial charge < -0.3 is 14.5 Å². The highest BCUT2D eigenvalue weighted by atomic mass is 32.1. The zero-order valence-electron chi connectivity index (χ0n) is 29.7.